The van der Waals surface area contributed by atoms with E-state index < -0.39 is 0 Å². The molecule has 0 saturated carbocycles. The van der Waals surface area contributed by atoms with Crippen molar-refractivity contribution in [3.8, 4) is 0 Å². The van der Waals surface area contributed by atoms with Crippen LogP contribution in [-0.4, -0.2) is 12.6 Å². The van der Waals surface area contributed by atoms with Crippen LogP contribution in [0.3, 0.4) is 0 Å². The predicted molar refractivity (Wildman–Crippen MR) is 74.6 cm³/mol. The number of hydrogen-bond acceptors (Lipinski definition) is 2. The van der Waals surface area contributed by atoms with Gasteiger partial charge in [-0.15, -0.1) is 0 Å². The van der Waals surface area contributed by atoms with Gasteiger partial charge >= 0.3 is 5.97 Å². The number of aryl methyl sites for hydroxylation is 1. The molecule has 99 valence electrons. The number of halogens is 1. The maximum atomic E-state index is 11.4. The zero-order chi connectivity index (χ0) is 13.2. The van der Waals surface area contributed by atoms with Crippen molar-refractivity contribution in [3.63, 3.8) is 0 Å². The first-order valence-electron chi connectivity index (χ1n) is 6.46. The number of esters is 1. The minimum atomic E-state index is -0.215. The maximum absolute atomic E-state index is 11.4. The van der Waals surface area contributed by atoms with Crippen LogP contribution in [0.15, 0.2) is 24.3 Å². The van der Waals surface area contributed by atoms with Crippen LogP contribution >= 0.6 is 11.6 Å². The lowest BCUT2D eigenvalue weighted by molar-refractivity contribution is -0.139. The average molecular weight is 268 g/mol. The highest BCUT2D eigenvalue weighted by Gasteiger charge is 2.03. The minimum absolute atomic E-state index is 0.215. The number of carbonyl (C=O) groups is 1. The molecule has 1 aromatic rings. The lowest BCUT2D eigenvalue weighted by Gasteiger charge is -2.04. The van der Waals surface area contributed by atoms with Gasteiger partial charge in [-0.2, -0.15) is 0 Å². The van der Waals surface area contributed by atoms with Gasteiger partial charge in [0, 0.05) is 5.02 Å². The van der Waals surface area contributed by atoms with E-state index in [1.54, 1.807) is 6.42 Å². The SMILES string of the molecule is CCCCCOC(=O)[CH]CCc1cccc(Cl)c1. The van der Waals surface area contributed by atoms with E-state index >= 15 is 0 Å². The van der Waals surface area contributed by atoms with E-state index in [-0.39, 0.29) is 5.97 Å². The zero-order valence-corrected chi connectivity index (χ0v) is 11.6. The van der Waals surface area contributed by atoms with E-state index in [2.05, 4.69) is 6.92 Å². The van der Waals surface area contributed by atoms with Crippen molar-refractivity contribution in [1.29, 1.82) is 0 Å². The molecule has 1 radical (unpaired) electrons. The molecule has 0 N–H and O–H groups in total. The van der Waals surface area contributed by atoms with E-state index in [0.717, 1.165) is 36.3 Å². The summed E-state index contributed by atoms with van der Waals surface area (Å²) in [6.45, 7) is 2.65. The van der Waals surface area contributed by atoms with Crippen LogP contribution in [0.25, 0.3) is 0 Å². The first-order valence-corrected chi connectivity index (χ1v) is 6.84. The third-order valence-electron chi connectivity index (χ3n) is 2.63. The second-order valence-corrected chi connectivity index (χ2v) is 4.68. The Labute approximate surface area is 114 Å². The number of hydrogen-bond donors (Lipinski definition) is 0. The smallest absolute Gasteiger partial charge is 0.309 e. The predicted octanol–water partition coefficient (Wildman–Crippen LogP) is 4.21. The van der Waals surface area contributed by atoms with E-state index in [9.17, 15) is 4.79 Å². The molecule has 3 heteroatoms. The van der Waals surface area contributed by atoms with Crippen LogP contribution < -0.4 is 0 Å². The van der Waals surface area contributed by atoms with Gasteiger partial charge in [0.1, 0.15) is 0 Å². The molecule has 0 amide bonds. The van der Waals surface area contributed by atoms with Gasteiger partial charge in [-0.1, -0.05) is 43.5 Å². The molecule has 0 bridgehead atoms. The molecule has 0 fully saturated rings. The van der Waals surface area contributed by atoms with Crippen molar-refractivity contribution in [2.24, 2.45) is 0 Å². The molecule has 2 nitrogen and oxygen atoms in total. The van der Waals surface area contributed by atoms with Crippen molar-refractivity contribution >= 4 is 17.6 Å². The number of carbonyl (C=O) groups excluding carboxylic acids is 1. The van der Waals surface area contributed by atoms with Crippen LogP contribution in [0.2, 0.25) is 5.02 Å². The van der Waals surface area contributed by atoms with Gasteiger partial charge in [0.05, 0.1) is 13.0 Å². The Morgan fingerprint density at radius 2 is 2.22 bits per heavy atom. The maximum Gasteiger partial charge on any atom is 0.309 e. The number of unbranched alkanes of at least 4 members (excludes halogenated alkanes) is 2. The van der Waals surface area contributed by atoms with E-state index in [1.165, 1.54) is 0 Å². The van der Waals surface area contributed by atoms with Gasteiger partial charge in [0.25, 0.3) is 0 Å². The Bertz CT molecular complexity index is 363. The molecule has 18 heavy (non-hydrogen) atoms. The summed E-state index contributed by atoms with van der Waals surface area (Å²) < 4.78 is 5.09. The molecule has 0 aromatic heterocycles. The van der Waals surface area contributed by atoms with Crippen molar-refractivity contribution in [2.75, 3.05) is 6.61 Å². The summed E-state index contributed by atoms with van der Waals surface area (Å²) in [5.41, 5.74) is 1.14. The fraction of sp³-hybridized carbons (Fsp3) is 0.467. The summed E-state index contributed by atoms with van der Waals surface area (Å²) in [4.78, 5) is 11.4. The first kappa shape index (κ1) is 15.0. The summed E-state index contributed by atoms with van der Waals surface area (Å²) in [5.74, 6) is -0.215. The Morgan fingerprint density at radius 1 is 1.39 bits per heavy atom. The van der Waals surface area contributed by atoms with Gasteiger partial charge < -0.3 is 4.74 Å². The topological polar surface area (TPSA) is 26.3 Å². The summed E-state index contributed by atoms with van der Waals surface area (Å²) in [6, 6.07) is 7.69. The largest absolute Gasteiger partial charge is 0.465 e. The Hall–Kier alpha value is -1.02. The molecule has 0 heterocycles. The Kier molecular flexibility index (Phi) is 7.51. The molecule has 1 rings (SSSR count). The van der Waals surface area contributed by atoms with Crippen molar-refractivity contribution in [3.05, 3.63) is 41.3 Å². The van der Waals surface area contributed by atoms with E-state index in [4.69, 9.17) is 16.3 Å². The molecular formula is C15H20ClO2. The van der Waals surface area contributed by atoms with Crippen LogP contribution in [0.4, 0.5) is 0 Å². The zero-order valence-electron chi connectivity index (χ0n) is 10.8. The van der Waals surface area contributed by atoms with E-state index in [1.807, 2.05) is 24.3 Å². The van der Waals surface area contributed by atoms with E-state index in [0.29, 0.717) is 13.0 Å². The Morgan fingerprint density at radius 3 is 2.94 bits per heavy atom. The second kappa shape index (κ2) is 8.98. The fourth-order valence-electron chi connectivity index (χ4n) is 1.63. The molecule has 0 saturated heterocycles. The van der Waals surface area contributed by atoms with Crippen LogP contribution in [-0.2, 0) is 16.0 Å². The van der Waals surface area contributed by atoms with Gasteiger partial charge in [-0.05, 0) is 37.0 Å². The highest BCUT2D eigenvalue weighted by Crippen LogP contribution is 2.12. The summed E-state index contributed by atoms with van der Waals surface area (Å²) in [5, 5.41) is 0.731. The van der Waals surface area contributed by atoms with Gasteiger partial charge in [0.15, 0.2) is 0 Å². The summed E-state index contributed by atoms with van der Waals surface area (Å²) >= 11 is 5.88. The summed E-state index contributed by atoms with van der Waals surface area (Å²) in [6.07, 6.45) is 6.29. The van der Waals surface area contributed by atoms with Crippen LogP contribution in [0.5, 0.6) is 0 Å². The van der Waals surface area contributed by atoms with Crippen LogP contribution in [0.1, 0.15) is 38.2 Å². The molecule has 0 atom stereocenters. The molecular weight excluding hydrogens is 248 g/mol. The monoisotopic (exact) mass is 267 g/mol. The fourth-order valence-corrected chi connectivity index (χ4v) is 1.85. The van der Waals surface area contributed by atoms with Crippen molar-refractivity contribution in [1.82, 2.24) is 0 Å². The quantitative estimate of drug-likeness (QED) is 0.521. The molecule has 0 aliphatic rings. The van der Waals surface area contributed by atoms with Crippen LogP contribution in [0, 0.1) is 6.42 Å². The molecule has 0 spiro atoms. The third-order valence-corrected chi connectivity index (χ3v) is 2.86. The normalized spacial score (nSPS) is 10.3. The number of rotatable bonds is 8. The van der Waals surface area contributed by atoms with Crippen molar-refractivity contribution in [2.45, 2.75) is 39.0 Å². The van der Waals surface area contributed by atoms with Crippen molar-refractivity contribution < 1.29 is 9.53 Å². The second-order valence-electron chi connectivity index (χ2n) is 4.25. The molecule has 1 aromatic carbocycles. The lowest BCUT2D eigenvalue weighted by atomic mass is 10.1. The third kappa shape index (κ3) is 6.65. The molecule has 0 aliphatic carbocycles. The molecule has 0 aliphatic heterocycles. The van der Waals surface area contributed by atoms with Gasteiger partial charge in [-0.25, -0.2) is 0 Å². The standard InChI is InChI=1S/C15H20ClO2/c1-2-3-4-11-18-15(17)10-6-8-13-7-5-9-14(16)12-13/h5,7,9-10,12H,2-4,6,8,11H2,1H3. The summed E-state index contributed by atoms with van der Waals surface area (Å²) in [7, 11) is 0. The lowest BCUT2D eigenvalue weighted by Crippen LogP contribution is -2.06. The minimum Gasteiger partial charge on any atom is -0.465 e. The van der Waals surface area contributed by atoms with Gasteiger partial charge in [0.2, 0.25) is 0 Å². The average Bonchev–Trinajstić information content (AvgIpc) is 2.35. The Balaban J connectivity index is 2.12. The highest BCUT2D eigenvalue weighted by molar-refractivity contribution is 6.30. The number of benzene rings is 1. The highest BCUT2D eigenvalue weighted by atomic mass is 35.5. The molecule has 0 unspecified atom stereocenters. The van der Waals surface area contributed by atoms with Gasteiger partial charge in [-0.3, -0.25) is 4.79 Å². The number of ether oxygens (including phenoxy) is 1. The first-order chi connectivity index (χ1) is 8.72.